The van der Waals surface area contributed by atoms with Crippen molar-refractivity contribution in [1.29, 1.82) is 0 Å². The van der Waals surface area contributed by atoms with Crippen LogP contribution in [0.1, 0.15) is 23.1 Å². The number of aliphatic hydroxyl groups is 1. The molecule has 3 heteroatoms. The molecule has 1 aromatic heterocycles. The second kappa shape index (κ2) is 4.78. The molecule has 0 saturated carbocycles. The monoisotopic (exact) mass is 250 g/mol. The fraction of sp³-hybridized carbons (Fsp3) is 0.125. The standard InChI is InChI=1S/C16H14N2O/c1-11-9-17-16(18-10-11)15(19)14-7-6-12-4-2-3-5-13(12)8-14/h2-10,15,19H,1H3. The van der Waals surface area contributed by atoms with Crippen molar-refractivity contribution in [1.82, 2.24) is 9.97 Å². The Hall–Kier alpha value is -2.26. The Balaban J connectivity index is 2.01. The molecule has 3 rings (SSSR count). The normalized spacial score (nSPS) is 12.5. The van der Waals surface area contributed by atoms with Gasteiger partial charge in [0.15, 0.2) is 5.82 Å². The molecule has 0 bridgehead atoms. The van der Waals surface area contributed by atoms with Crippen LogP contribution >= 0.6 is 0 Å². The van der Waals surface area contributed by atoms with Gasteiger partial charge in [0, 0.05) is 12.4 Å². The number of aryl methyl sites for hydroxylation is 1. The highest BCUT2D eigenvalue weighted by molar-refractivity contribution is 5.83. The van der Waals surface area contributed by atoms with Gasteiger partial charge in [-0.25, -0.2) is 9.97 Å². The zero-order chi connectivity index (χ0) is 13.2. The maximum Gasteiger partial charge on any atom is 0.161 e. The van der Waals surface area contributed by atoms with Crippen LogP contribution in [-0.4, -0.2) is 15.1 Å². The van der Waals surface area contributed by atoms with Gasteiger partial charge in [-0.05, 0) is 34.9 Å². The molecule has 0 aliphatic heterocycles. The zero-order valence-electron chi connectivity index (χ0n) is 10.6. The van der Waals surface area contributed by atoms with Crippen molar-refractivity contribution >= 4 is 10.8 Å². The Morgan fingerprint density at radius 2 is 1.63 bits per heavy atom. The van der Waals surface area contributed by atoms with Crippen LogP contribution in [-0.2, 0) is 0 Å². The number of fused-ring (bicyclic) bond motifs is 1. The number of aromatic nitrogens is 2. The lowest BCUT2D eigenvalue weighted by molar-refractivity contribution is 0.210. The lowest BCUT2D eigenvalue weighted by Gasteiger charge is -2.10. The van der Waals surface area contributed by atoms with Gasteiger partial charge in [0.1, 0.15) is 6.10 Å². The quantitative estimate of drug-likeness (QED) is 0.760. The molecule has 0 aliphatic carbocycles. The van der Waals surface area contributed by atoms with E-state index >= 15 is 0 Å². The van der Waals surface area contributed by atoms with Crippen LogP contribution in [0, 0.1) is 6.92 Å². The second-order valence-corrected chi connectivity index (χ2v) is 4.63. The lowest BCUT2D eigenvalue weighted by atomic mass is 10.0. The van der Waals surface area contributed by atoms with Crippen LogP contribution in [0.2, 0.25) is 0 Å². The molecule has 3 nitrogen and oxygen atoms in total. The smallest absolute Gasteiger partial charge is 0.161 e. The van der Waals surface area contributed by atoms with E-state index in [1.165, 1.54) is 0 Å². The third-order valence-corrected chi connectivity index (χ3v) is 3.13. The minimum Gasteiger partial charge on any atom is -0.380 e. The molecule has 0 aliphatic rings. The van der Waals surface area contributed by atoms with Crippen molar-refractivity contribution in [3.8, 4) is 0 Å². The Morgan fingerprint density at radius 3 is 2.37 bits per heavy atom. The van der Waals surface area contributed by atoms with Gasteiger partial charge in [-0.3, -0.25) is 0 Å². The highest BCUT2D eigenvalue weighted by Crippen LogP contribution is 2.23. The third kappa shape index (κ3) is 2.33. The first-order valence-electron chi connectivity index (χ1n) is 6.19. The summed E-state index contributed by atoms with van der Waals surface area (Å²) in [5.41, 5.74) is 1.79. The fourth-order valence-electron chi connectivity index (χ4n) is 2.07. The summed E-state index contributed by atoms with van der Waals surface area (Å²) in [6.45, 7) is 1.92. The van der Waals surface area contributed by atoms with Gasteiger partial charge in [-0.1, -0.05) is 36.4 Å². The van der Waals surface area contributed by atoms with Crippen LogP contribution in [0.25, 0.3) is 10.8 Å². The molecule has 1 N–H and O–H groups in total. The van der Waals surface area contributed by atoms with E-state index < -0.39 is 6.10 Å². The van der Waals surface area contributed by atoms with Gasteiger partial charge in [-0.2, -0.15) is 0 Å². The summed E-state index contributed by atoms with van der Waals surface area (Å²) in [5, 5.41) is 12.6. The molecule has 3 aromatic rings. The topological polar surface area (TPSA) is 46.0 Å². The summed E-state index contributed by atoms with van der Waals surface area (Å²) in [7, 11) is 0. The maximum absolute atomic E-state index is 10.3. The Morgan fingerprint density at radius 1 is 0.947 bits per heavy atom. The first-order chi connectivity index (χ1) is 9.24. The minimum atomic E-state index is -0.787. The van der Waals surface area contributed by atoms with Crippen molar-refractivity contribution in [2.45, 2.75) is 13.0 Å². The third-order valence-electron chi connectivity index (χ3n) is 3.13. The van der Waals surface area contributed by atoms with E-state index in [0.29, 0.717) is 5.82 Å². The maximum atomic E-state index is 10.3. The highest BCUT2D eigenvalue weighted by atomic mass is 16.3. The minimum absolute atomic E-state index is 0.431. The van der Waals surface area contributed by atoms with Crippen molar-refractivity contribution < 1.29 is 5.11 Å². The number of hydrogen-bond acceptors (Lipinski definition) is 3. The van der Waals surface area contributed by atoms with Crippen molar-refractivity contribution in [3.63, 3.8) is 0 Å². The Kier molecular flexibility index (Phi) is 2.97. The Bertz CT molecular complexity index is 707. The van der Waals surface area contributed by atoms with Crippen LogP contribution in [0.4, 0.5) is 0 Å². The molecule has 0 fully saturated rings. The summed E-state index contributed by atoms with van der Waals surface area (Å²) in [4.78, 5) is 8.35. The van der Waals surface area contributed by atoms with E-state index in [2.05, 4.69) is 9.97 Å². The highest BCUT2D eigenvalue weighted by Gasteiger charge is 2.13. The van der Waals surface area contributed by atoms with Crippen molar-refractivity contribution in [2.75, 3.05) is 0 Å². The van der Waals surface area contributed by atoms with E-state index in [4.69, 9.17) is 0 Å². The molecule has 94 valence electrons. The zero-order valence-corrected chi connectivity index (χ0v) is 10.6. The van der Waals surface area contributed by atoms with Gasteiger partial charge in [0.25, 0.3) is 0 Å². The molecule has 2 aromatic carbocycles. The molecule has 0 radical (unpaired) electrons. The average Bonchev–Trinajstić information content (AvgIpc) is 2.47. The van der Waals surface area contributed by atoms with E-state index in [9.17, 15) is 5.11 Å². The second-order valence-electron chi connectivity index (χ2n) is 4.63. The van der Waals surface area contributed by atoms with E-state index in [1.54, 1.807) is 12.4 Å². The summed E-state index contributed by atoms with van der Waals surface area (Å²) >= 11 is 0. The van der Waals surface area contributed by atoms with E-state index in [-0.39, 0.29) is 0 Å². The number of rotatable bonds is 2. The van der Waals surface area contributed by atoms with Gasteiger partial charge in [0.2, 0.25) is 0 Å². The van der Waals surface area contributed by atoms with Crippen LogP contribution in [0.15, 0.2) is 54.9 Å². The average molecular weight is 250 g/mol. The van der Waals surface area contributed by atoms with Gasteiger partial charge >= 0.3 is 0 Å². The summed E-state index contributed by atoms with van der Waals surface area (Å²) in [5.74, 6) is 0.431. The van der Waals surface area contributed by atoms with E-state index in [0.717, 1.165) is 21.9 Å². The Labute approximate surface area is 111 Å². The number of hydrogen-bond donors (Lipinski definition) is 1. The molecule has 1 heterocycles. The number of nitrogens with zero attached hydrogens (tertiary/aromatic N) is 2. The number of benzene rings is 2. The largest absolute Gasteiger partial charge is 0.380 e. The molecule has 19 heavy (non-hydrogen) atoms. The lowest BCUT2D eigenvalue weighted by Crippen LogP contribution is -2.05. The fourth-order valence-corrected chi connectivity index (χ4v) is 2.07. The first kappa shape index (κ1) is 11.8. The number of aliphatic hydroxyl groups excluding tert-OH is 1. The molecule has 1 atom stereocenters. The predicted octanol–water partition coefficient (Wildman–Crippen LogP) is 3.02. The predicted molar refractivity (Wildman–Crippen MR) is 74.8 cm³/mol. The van der Waals surface area contributed by atoms with E-state index in [1.807, 2.05) is 49.4 Å². The van der Waals surface area contributed by atoms with Crippen LogP contribution in [0.5, 0.6) is 0 Å². The van der Waals surface area contributed by atoms with Crippen molar-refractivity contribution in [2.24, 2.45) is 0 Å². The molecule has 1 unspecified atom stereocenters. The molecule has 0 spiro atoms. The van der Waals surface area contributed by atoms with Gasteiger partial charge in [0.05, 0.1) is 0 Å². The van der Waals surface area contributed by atoms with Crippen molar-refractivity contribution in [3.05, 3.63) is 71.8 Å². The first-order valence-corrected chi connectivity index (χ1v) is 6.19. The SMILES string of the molecule is Cc1cnc(C(O)c2ccc3ccccc3c2)nc1. The molecule has 0 saturated heterocycles. The van der Waals surface area contributed by atoms with Gasteiger partial charge < -0.3 is 5.11 Å². The summed E-state index contributed by atoms with van der Waals surface area (Å²) in [6, 6.07) is 14.0. The molecular weight excluding hydrogens is 236 g/mol. The molecular formula is C16H14N2O. The molecule has 0 amide bonds. The van der Waals surface area contributed by atoms with Gasteiger partial charge in [-0.15, -0.1) is 0 Å². The summed E-state index contributed by atoms with van der Waals surface area (Å²) in [6.07, 6.45) is 2.64. The van der Waals surface area contributed by atoms with Crippen LogP contribution < -0.4 is 0 Å². The summed E-state index contributed by atoms with van der Waals surface area (Å²) < 4.78 is 0. The van der Waals surface area contributed by atoms with Crippen LogP contribution in [0.3, 0.4) is 0 Å².